The van der Waals surface area contributed by atoms with Crippen LogP contribution in [0.2, 0.25) is 0 Å². The van der Waals surface area contributed by atoms with Crippen molar-refractivity contribution < 1.29 is 4.42 Å². The summed E-state index contributed by atoms with van der Waals surface area (Å²) in [7, 11) is 0. The van der Waals surface area contributed by atoms with Crippen LogP contribution in [-0.4, -0.2) is 31.1 Å². The Kier molecular flexibility index (Phi) is 3.94. The zero-order chi connectivity index (χ0) is 13.2. The Balaban J connectivity index is 1.86. The zero-order valence-corrected chi connectivity index (χ0v) is 12.2. The van der Waals surface area contributed by atoms with Gasteiger partial charge in [0.2, 0.25) is 0 Å². The second-order valence-corrected chi connectivity index (χ2v) is 6.16. The summed E-state index contributed by atoms with van der Waals surface area (Å²) in [5, 5.41) is 3.46. The third-order valence-corrected chi connectivity index (χ3v) is 4.87. The van der Waals surface area contributed by atoms with Crippen LogP contribution in [0.3, 0.4) is 0 Å². The summed E-state index contributed by atoms with van der Waals surface area (Å²) in [5.41, 5.74) is 1.30. The zero-order valence-electron chi connectivity index (χ0n) is 12.2. The van der Waals surface area contributed by atoms with Gasteiger partial charge in [0.15, 0.2) is 0 Å². The van der Waals surface area contributed by atoms with Crippen molar-refractivity contribution in [3.05, 3.63) is 23.2 Å². The van der Waals surface area contributed by atoms with Gasteiger partial charge in [0.05, 0.1) is 6.04 Å². The van der Waals surface area contributed by atoms with Gasteiger partial charge in [-0.3, -0.25) is 4.90 Å². The molecule has 2 aliphatic rings. The van der Waals surface area contributed by atoms with Crippen molar-refractivity contribution in [2.45, 2.75) is 45.6 Å². The van der Waals surface area contributed by atoms with E-state index < -0.39 is 0 Å². The lowest BCUT2D eigenvalue weighted by molar-refractivity contribution is 0.107. The van der Waals surface area contributed by atoms with Crippen molar-refractivity contribution in [2.75, 3.05) is 26.2 Å². The second-order valence-electron chi connectivity index (χ2n) is 6.16. The normalized spacial score (nSPS) is 23.9. The van der Waals surface area contributed by atoms with Gasteiger partial charge in [0.25, 0.3) is 0 Å². The van der Waals surface area contributed by atoms with E-state index in [1.807, 2.05) is 0 Å². The summed E-state index contributed by atoms with van der Waals surface area (Å²) < 4.78 is 6.08. The van der Waals surface area contributed by atoms with Crippen LogP contribution in [0.1, 0.15) is 48.8 Å². The summed E-state index contributed by atoms with van der Waals surface area (Å²) in [6.07, 6.45) is 5.53. The van der Waals surface area contributed by atoms with Crippen molar-refractivity contribution in [3.63, 3.8) is 0 Å². The molecule has 0 radical (unpaired) electrons. The smallest absolute Gasteiger partial charge is 0.121 e. The Morgan fingerprint density at radius 2 is 1.89 bits per heavy atom. The first-order valence-corrected chi connectivity index (χ1v) is 7.77. The molecule has 0 amide bonds. The molecule has 1 saturated heterocycles. The minimum absolute atomic E-state index is 0.511. The third-order valence-electron chi connectivity index (χ3n) is 4.87. The molecule has 1 aliphatic carbocycles. The van der Waals surface area contributed by atoms with Crippen molar-refractivity contribution in [1.82, 2.24) is 10.2 Å². The molecule has 1 saturated carbocycles. The van der Waals surface area contributed by atoms with Gasteiger partial charge < -0.3 is 9.73 Å². The third kappa shape index (κ3) is 2.72. The van der Waals surface area contributed by atoms with E-state index in [1.165, 1.54) is 37.0 Å². The first kappa shape index (κ1) is 13.2. The highest BCUT2D eigenvalue weighted by Gasteiger charge is 2.34. The average Bonchev–Trinajstić information content (AvgIpc) is 3.03. The van der Waals surface area contributed by atoms with Gasteiger partial charge >= 0.3 is 0 Å². The molecule has 3 heteroatoms. The molecule has 1 aliphatic heterocycles. The van der Waals surface area contributed by atoms with Gasteiger partial charge in [0.1, 0.15) is 11.5 Å². The van der Waals surface area contributed by atoms with E-state index in [4.69, 9.17) is 4.42 Å². The van der Waals surface area contributed by atoms with Crippen molar-refractivity contribution in [3.8, 4) is 0 Å². The van der Waals surface area contributed by atoms with Gasteiger partial charge in [0, 0.05) is 26.2 Å². The number of nitrogens with one attached hydrogen (secondary N) is 1. The topological polar surface area (TPSA) is 28.4 Å². The van der Waals surface area contributed by atoms with Crippen LogP contribution in [0.25, 0.3) is 0 Å². The first-order chi connectivity index (χ1) is 9.25. The average molecular weight is 262 g/mol. The fourth-order valence-corrected chi connectivity index (χ4v) is 3.69. The van der Waals surface area contributed by atoms with E-state index >= 15 is 0 Å². The van der Waals surface area contributed by atoms with Gasteiger partial charge in [-0.1, -0.05) is 12.8 Å². The van der Waals surface area contributed by atoms with Crippen molar-refractivity contribution in [2.24, 2.45) is 5.92 Å². The number of furan rings is 1. The number of aryl methyl sites for hydroxylation is 2. The summed E-state index contributed by atoms with van der Waals surface area (Å²) in [4.78, 5) is 2.64. The maximum absolute atomic E-state index is 6.08. The minimum Gasteiger partial charge on any atom is -0.464 e. The Morgan fingerprint density at radius 3 is 2.47 bits per heavy atom. The highest BCUT2D eigenvalue weighted by Crippen LogP contribution is 2.40. The minimum atomic E-state index is 0.511. The van der Waals surface area contributed by atoms with Crippen LogP contribution in [0.15, 0.2) is 10.5 Å². The molecule has 0 bridgehead atoms. The van der Waals surface area contributed by atoms with E-state index in [1.54, 1.807) is 0 Å². The lowest BCUT2D eigenvalue weighted by Gasteiger charge is -2.37. The molecular formula is C16H26N2O. The quantitative estimate of drug-likeness (QED) is 0.907. The van der Waals surface area contributed by atoms with E-state index in [0.29, 0.717) is 6.04 Å². The molecule has 3 nitrogen and oxygen atoms in total. The Hall–Kier alpha value is -0.800. The van der Waals surface area contributed by atoms with Gasteiger partial charge in [-0.25, -0.2) is 0 Å². The molecule has 1 aromatic heterocycles. The fourth-order valence-electron chi connectivity index (χ4n) is 3.69. The second kappa shape index (κ2) is 5.68. The lowest BCUT2D eigenvalue weighted by Crippen LogP contribution is -2.46. The summed E-state index contributed by atoms with van der Waals surface area (Å²) in [5.74, 6) is 3.10. The molecule has 2 heterocycles. The van der Waals surface area contributed by atoms with Crippen molar-refractivity contribution >= 4 is 0 Å². The molecule has 0 spiro atoms. The largest absolute Gasteiger partial charge is 0.464 e. The molecule has 1 N–H and O–H groups in total. The molecular weight excluding hydrogens is 236 g/mol. The Labute approximate surface area is 116 Å². The number of hydrogen-bond donors (Lipinski definition) is 1. The maximum Gasteiger partial charge on any atom is 0.121 e. The molecule has 1 atom stereocenters. The Morgan fingerprint density at radius 1 is 1.21 bits per heavy atom. The number of nitrogens with zero attached hydrogens (tertiary/aromatic N) is 1. The number of hydrogen-bond acceptors (Lipinski definition) is 3. The molecule has 1 aromatic rings. The lowest BCUT2D eigenvalue weighted by atomic mass is 9.93. The van der Waals surface area contributed by atoms with E-state index in [0.717, 1.165) is 37.9 Å². The number of piperazine rings is 1. The van der Waals surface area contributed by atoms with Crippen LogP contribution in [0, 0.1) is 19.8 Å². The molecule has 2 fully saturated rings. The van der Waals surface area contributed by atoms with Crippen LogP contribution >= 0.6 is 0 Å². The Bertz CT molecular complexity index is 395. The predicted molar refractivity (Wildman–Crippen MR) is 77.3 cm³/mol. The van der Waals surface area contributed by atoms with Gasteiger partial charge in [-0.15, -0.1) is 0 Å². The van der Waals surface area contributed by atoms with E-state index in [2.05, 4.69) is 30.1 Å². The van der Waals surface area contributed by atoms with Gasteiger partial charge in [-0.05, 0) is 44.2 Å². The summed E-state index contributed by atoms with van der Waals surface area (Å²) >= 11 is 0. The van der Waals surface area contributed by atoms with E-state index in [-0.39, 0.29) is 0 Å². The van der Waals surface area contributed by atoms with Crippen LogP contribution in [-0.2, 0) is 0 Å². The van der Waals surface area contributed by atoms with Crippen LogP contribution in [0.5, 0.6) is 0 Å². The highest BCUT2D eigenvalue weighted by atomic mass is 16.3. The first-order valence-electron chi connectivity index (χ1n) is 7.77. The van der Waals surface area contributed by atoms with Crippen LogP contribution < -0.4 is 5.32 Å². The summed E-state index contributed by atoms with van der Waals surface area (Å²) in [6, 6.07) is 2.79. The van der Waals surface area contributed by atoms with Crippen LogP contribution in [0.4, 0.5) is 0 Å². The molecule has 106 valence electrons. The van der Waals surface area contributed by atoms with Crippen molar-refractivity contribution in [1.29, 1.82) is 0 Å². The molecule has 0 aromatic carbocycles. The molecule has 0 unspecified atom stereocenters. The highest BCUT2D eigenvalue weighted by molar-refractivity contribution is 5.21. The van der Waals surface area contributed by atoms with E-state index in [9.17, 15) is 0 Å². The molecule has 3 rings (SSSR count). The SMILES string of the molecule is Cc1cc([C@H](C2CCCC2)N2CCNCC2)oc1C. The molecule has 19 heavy (non-hydrogen) atoms. The fraction of sp³-hybridized carbons (Fsp3) is 0.750. The maximum atomic E-state index is 6.08. The predicted octanol–water partition coefficient (Wildman–Crippen LogP) is 3.03. The number of rotatable bonds is 3. The summed E-state index contributed by atoms with van der Waals surface area (Å²) in [6.45, 7) is 8.78. The standard InChI is InChI=1S/C16H26N2O/c1-12-11-15(19-13(12)2)16(14-5-3-4-6-14)18-9-7-17-8-10-18/h11,14,16-17H,3-10H2,1-2H3/t16-/m0/s1. The van der Waals surface area contributed by atoms with Gasteiger partial charge in [-0.2, -0.15) is 0 Å². The monoisotopic (exact) mass is 262 g/mol.